The molecule has 2 heterocycles. The lowest BCUT2D eigenvalue weighted by atomic mass is 9.86. The first-order chi connectivity index (χ1) is 12.1. The number of hydrogen-bond acceptors (Lipinski definition) is 3. The van der Waals surface area contributed by atoms with Crippen molar-refractivity contribution in [3.05, 3.63) is 24.3 Å². The minimum atomic E-state index is -0.0750. The van der Waals surface area contributed by atoms with Gasteiger partial charge in [-0.1, -0.05) is 18.9 Å². The van der Waals surface area contributed by atoms with Gasteiger partial charge in [0.1, 0.15) is 5.75 Å². The molecule has 0 bridgehead atoms. The van der Waals surface area contributed by atoms with Crippen LogP contribution in [-0.4, -0.2) is 43.5 Å². The molecular weight excluding hydrogens is 316 g/mol. The van der Waals surface area contributed by atoms with Crippen LogP contribution in [0.3, 0.4) is 0 Å². The summed E-state index contributed by atoms with van der Waals surface area (Å²) in [6.07, 6.45) is 5.90. The highest BCUT2D eigenvalue weighted by Crippen LogP contribution is 2.43. The van der Waals surface area contributed by atoms with E-state index < -0.39 is 0 Å². The highest BCUT2D eigenvalue weighted by atomic mass is 16.5. The summed E-state index contributed by atoms with van der Waals surface area (Å²) >= 11 is 0. The monoisotopic (exact) mass is 342 g/mol. The van der Waals surface area contributed by atoms with Gasteiger partial charge >= 0.3 is 0 Å². The first-order valence-corrected chi connectivity index (χ1v) is 9.33. The van der Waals surface area contributed by atoms with E-state index in [1.165, 1.54) is 12.8 Å². The van der Waals surface area contributed by atoms with Gasteiger partial charge in [-0.25, -0.2) is 0 Å². The molecule has 134 valence electrons. The molecule has 1 saturated carbocycles. The molecule has 1 aromatic rings. The predicted molar refractivity (Wildman–Crippen MR) is 95.6 cm³/mol. The predicted octanol–water partition coefficient (Wildman–Crippen LogP) is 2.84. The van der Waals surface area contributed by atoms with Crippen LogP contribution >= 0.6 is 0 Å². The van der Waals surface area contributed by atoms with Crippen molar-refractivity contribution in [3.63, 3.8) is 0 Å². The molecule has 0 N–H and O–H groups in total. The molecule has 2 saturated heterocycles. The molecule has 25 heavy (non-hydrogen) atoms. The van der Waals surface area contributed by atoms with Crippen LogP contribution in [0.4, 0.5) is 5.69 Å². The highest BCUT2D eigenvalue weighted by Gasteiger charge is 2.49. The van der Waals surface area contributed by atoms with E-state index in [1.54, 1.807) is 7.11 Å². The van der Waals surface area contributed by atoms with Crippen molar-refractivity contribution in [2.45, 2.75) is 38.5 Å². The summed E-state index contributed by atoms with van der Waals surface area (Å²) in [6.45, 7) is 2.23. The average Bonchev–Trinajstić information content (AvgIpc) is 3.36. The molecule has 3 fully saturated rings. The second-order valence-corrected chi connectivity index (χ2v) is 7.85. The number of carbonyl (C=O) groups excluding carboxylic acids is 2. The molecule has 1 atom stereocenters. The zero-order valence-corrected chi connectivity index (χ0v) is 14.9. The second kappa shape index (κ2) is 6.36. The molecule has 0 radical (unpaired) electrons. The SMILES string of the molecule is COc1cccc(N2C[C@]3(CCN(C(=O)C4CCCC4)C3)CC2=O)c1. The summed E-state index contributed by atoms with van der Waals surface area (Å²) in [7, 11) is 1.63. The van der Waals surface area contributed by atoms with Gasteiger partial charge in [-0.2, -0.15) is 0 Å². The zero-order chi connectivity index (χ0) is 17.4. The van der Waals surface area contributed by atoms with E-state index in [2.05, 4.69) is 0 Å². The Kier molecular flexibility index (Phi) is 4.18. The van der Waals surface area contributed by atoms with Crippen molar-refractivity contribution in [2.24, 2.45) is 11.3 Å². The van der Waals surface area contributed by atoms with Crippen molar-refractivity contribution < 1.29 is 14.3 Å². The molecule has 1 aliphatic carbocycles. The van der Waals surface area contributed by atoms with Gasteiger partial charge in [-0.15, -0.1) is 0 Å². The maximum Gasteiger partial charge on any atom is 0.227 e. The van der Waals surface area contributed by atoms with Crippen LogP contribution in [0.1, 0.15) is 38.5 Å². The third kappa shape index (κ3) is 3.00. The van der Waals surface area contributed by atoms with E-state index in [9.17, 15) is 9.59 Å². The third-order valence-electron chi connectivity index (χ3n) is 6.14. The van der Waals surface area contributed by atoms with Crippen LogP contribution in [0.15, 0.2) is 24.3 Å². The number of nitrogens with zero attached hydrogens (tertiary/aromatic N) is 2. The highest BCUT2D eigenvalue weighted by molar-refractivity contribution is 5.96. The van der Waals surface area contributed by atoms with Gasteiger partial charge in [0.25, 0.3) is 0 Å². The number of rotatable bonds is 3. The molecule has 2 amide bonds. The first-order valence-electron chi connectivity index (χ1n) is 9.33. The lowest BCUT2D eigenvalue weighted by Gasteiger charge is -2.25. The fourth-order valence-electron chi connectivity index (χ4n) is 4.74. The molecule has 3 aliphatic rings. The molecule has 5 heteroatoms. The van der Waals surface area contributed by atoms with Gasteiger partial charge in [0.05, 0.1) is 7.11 Å². The number of amides is 2. The van der Waals surface area contributed by atoms with Gasteiger partial charge in [-0.05, 0) is 31.4 Å². The summed E-state index contributed by atoms with van der Waals surface area (Å²) < 4.78 is 5.28. The number of methoxy groups -OCH3 is 1. The molecule has 1 spiro atoms. The first kappa shape index (κ1) is 16.4. The minimum Gasteiger partial charge on any atom is -0.497 e. The Labute approximate surface area is 148 Å². The Balaban J connectivity index is 1.47. The van der Waals surface area contributed by atoms with Crippen LogP contribution in [0.2, 0.25) is 0 Å². The Morgan fingerprint density at radius 3 is 2.80 bits per heavy atom. The van der Waals surface area contributed by atoms with Gasteiger partial charge in [0.2, 0.25) is 11.8 Å². The maximum absolute atomic E-state index is 12.7. The lowest BCUT2D eigenvalue weighted by Crippen LogP contribution is -2.36. The molecule has 5 nitrogen and oxygen atoms in total. The van der Waals surface area contributed by atoms with Crippen LogP contribution in [0.5, 0.6) is 5.75 Å². The Hall–Kier alpha value is -2.04. The van der Waals surface area contributed by atoms with Crippen molar-refractivity contribution in [2.75, 3.05) is 31.6 Å². The van der Waals surface area contributed by atoms with Gasteiger partial charge < -0.3 is 14.5 Å². The summed E-state index contributed by atoms with van der Waals surface area (Å²) in [5, 5.41) is 0. The Morgan fingerprint density at radius 1 is 1.24 bits per heavy atom. The molecule has 2 aliphatic heterocycles. The van der Waals surface area contributed by atoms with E-state index in [4.69, 9.17) is 4.74 Å². The summed E-state index contributed by atoms with van der Waals surface area (Å²) in [5.74, 6) is 1.46. The molecule has 4 rings (SSSR count). The maximum atomic E-state index is 12.7. The average molecular weight is 342 g/mol. The summed E-state index contributed by atoms with van der Waals surface area (Å²) in [6, 6.07) is 7.66. The number of hydrogen-bond donors (Lipinski definition) is 0. The molecule has 0 unspecified atom stereocenters. The lowest BCUT2D eigenvalue weighted by molar-refractivity contribution is -0.134. The number of ether oxygens (including phenoxy) is 1. The zero-order valence-electron chi connectivity index (χ0n) is 14.9. The number of likely N-dealkylation sites (tertiary alicyclic amines) is 1. The van der Waals surface area contributed by atoms with Crippen molar-refractivity contribution in [3.8, 4) is 5.75 Å². The van der Waals surface area contributed by atoms with Crippen LogP contribution in [0.25, 0.3) is 0 Å². The van der Waals surface area contributed by atoms with E-state index in [0.29, 0.717) is 18.9 Å². The van der Waals surface area contributed by atoms with E-state index >= 15 is 0 Å². The van der Waals surface area contributed by atoms with Crippen molar-refractivity contribution >= 4 is 17.5 Å². The second-order valence-electron chi connectivity index (χ2n) is 7.85. The Bertz CT molecular complexity index is 683. The largest absolute Gasteiger partial charge is 0.497 e. The van der Waals surface area contributed by atoms with Gasteiger partial charge in [-0.3, -0.25) is 9.59 Å². The van der Waals surface area contributed by atoms with E-state index in [0.717, 1.165) is 43.8 Å². The summed E-state index contributed by atoms with van der Waals surface area (Å²) in [5.41, 5.74) is 0.816. The number of anilines is 1. The van der Waals surface area contributed by atoms with Gasteiger partial charge in [0.15, 0.2) is 0 Å². The molecule has 0 aromatic heterocycles. The van der Waals surface area contributed by atoms with Crippen molar-refractivity contribution in [1.82, 2.24) is 4.90 Å². The minimum absolute atomic E-state index is 0.0750. The molecular formula is C20H26N2O3. The van der Waals surface area contributed by atoms with E-state index in [-0.39, 0.29) is 17.2 Å². The number of benzene rings is 1. The van der Waals surface area contributed by atoms with E-state index in [1.807, 2.05) is 34.1 Å². The number of carbonyl (C=O) groups is 2. The standard InChI is InChI=1S/C20H26N2O3/c1-25-17-8-4-7-16(11-17)22-14-20(12-18(22)23)9-10-21(13-20)19(24)15-5-2-3-6-15/h4,7-8,11,15H,2-3,5-6,9-10,12-14H2,1H3/t20-/m1/s1. The quantitative estimate of drug-likeness (QED) is 0.849. The van der Waals surface area contributed by atoms with Gasteiger partial charge in [0, 0.05) is 49.1 Å². The third-order valence-corrected chi connectivity index (χ3v) is 6.14. The fourth-order valence-corrected chi connectivity index (χ4v) is 4.74. The van der Waals surface area contributed by atoms with Crippen LogP contribution in [0, 0.1) is 11.3 Å². The summed E-state index contributed by atoms with van der Waals surface area (Å²) in [4.78, 5) is 29.3. The smallest absolute Gasteiger partial charge is 0.227 e. The normalized spacial score (nSPS) is 26.8. The van der Waals surface area contributed by atoms with Crippen LogP contribution < -0.4 is 9.64 Å². The van der Waals surface area contributed by atoms with Crippen LogP contribution in [-0.2, 0) is 9.59 Å². The fraction of sp³-hybridized carbons (Fsp3) is 0.600. The topological polar surface area (TPSA) is 49.9 Å². The molecule has 1 aromatic carbocycles. The Morgan fingerprint density at radius 2 is 2.04 bits per heavy atom. The van der Waals surface area contributed by atoms with Crippen molar-refractivity contribution in [1.29, 1.82) is 0 Å².